The molecule has 2 aliphatic rings. The maximum absolute atomic E-state index is 13.0. The average Bonchev–Trinajstić information content (AvgIpc) is 3.25. The molecule has 8 heteroatoms. The van der Waals surface area contributed by atoms with E-state index >= 15 is 0 Å². The Morgan fingerprint density at radius 3 is 2.68 bits per heavy atom. The number of aliphatic hydroxyl groups excluding tert-OH is 1. The number of carbonyl (C=O) groups is 3. The van der Waals surface area contributed by atoms with Crippen molar-refractivity contribution in [1.29, 1.82) is 0 Å². The van der Waals surface area contributed by atoms with Crippen molar-refractivity contribution in [2.45, 2.75) is 50.7 Å². The first kappa shape index (κ1) is 20.7. The molecule has 3 N–H and O–H groups in total. The normalized spacial score (nSPS) is 23.6. The van der Waals surface area contributed by atoms with E-state index < -0.39 is 18.1 Å². The van der Waals surface area contributed by atoms with Crippen molar-refractivity contribution in [3.8, 4) is 0 Å². The monoisotopic (exact) mass is 405 g/mol. The number of rotatable bonds is 7. The quantitative estimate of drug-likeness (QED) is 0.635. The Morgan fingerprint density at radius 1 is 1.29 bits per heavy atom. The van der Waals surface area contributed by atoms with Crippen LogP contribution in [0, 0.1) is 5.92 Å². The molecule has 5 atom stereocenters. The second-order valence-corrected chi connectivity index (χ2v) is 8.58. The van der Waals surface area contributed by atoms with Gasteiger partial charge >= 0.3 is 0 Å². The third kappa shape index (κ3) is 3.75. The van der Waals surface area contributed by atoms with E-state index in [1.807, 2.05) is 32.0 Å². The summed E-state index contributed by atoms with van der Waals surface area (Å²) in [6.45, 7) is 5.38. The zero-order valence-electron chi connectivity index (χ0n) is 16.3. The third-order valence-corrected chi connectivity index (χ3v) is 6.76. The van der Waals surface area contributed by atoms with Gasteiger partial charge in [-0.25, -0.2) is 0 Å². The van der Waals surface area contributed by atoms with Crippen LogP contribution in [0.5, 0.6) is 0 Å². The number of fused-ring (bicyclic) bond motifs is 3. The highest BCUT2D eigenvalue weighted by molar-refractivity contribution is 7.99. The van der Waals surface area contributed by atoms with Crippen LogP contribution in [0.3, 0.4) is 0 Å². The van der Waals surface area contributed by atoms with Crippen LogP contribution >= 0.6 is 11.8 Å². The van der Waals surface area contributed by atoms with Crippen LogP contribution in [0.2, 0.25) is 0 Å². The number of hydrogen-bond donors (Lipinski definition) is 3. The van der Waals surface area contributed by atoms with Gasteiger partial charge in [0.05, 0.1) is 6.61 Å². The van der Waals surface area contributed by atoms with Crippen molar-refractivity contribution in [2.24, 2.45) is 5.92 Å². The summed E-state index contributed by atoms with van der Waals surface area (Å²) in [4.78, 5) is 40.1. The number of nitrogens with zero attached hydrogens (tertiary/aromatic N) is 1. The molecule has 1 fully saturated rings. The SMILES string of the molecule is CC[C@H](C)[C@H](NC(=O)[C@@H]1CS[C@@H]2c3ccccc3C(=O)N21)C(=O)N[C@@H](C)CO. The standard InChI is InChI=1S/C20H27N3O4S/c1-4-11(2)16(18(26)21-12(3)9-24)22-17(25)15-10-28-20-14-8-6-5-7-13(14)19(27)23(15)20/h5-8,11-12,15-16,20,24H,4,9-10H2,1-3H3,(H,21,26)(H,22,25)/t11-,12-,15-,16-,20+/m0/s1. The highest BCUT2D eigenvalue weighted by atomic mass is 32.2. The summed E-state index contributed by atoms with van der Waals surface area (Å²) in [7, 11) is 0. The zero-order chi connectivity index (χ0) is 20.4. The lowest BCUT2D eigenvalue weighted by molar-refractivity contribution is -0.132. The van der Waals surface area contributed by atoms with Gasteiger partial charge in [-0.05, 0) is 24.5 Å². The maximum Gasteiger partial charge on any atom is 0.256 e. The summed E-state index contributed by atoms with van der Waals surface area (Å²) in [6.07, 6.45) is 0.710. The van der Waals surface area contributed by atoms with Gasteiger partial charge in [-0.3, -0.25) is 14.4 Å². The Balaban J connectivity index is 1.74. The molecular formula is C20H27N3O4S. The summed E-state index contributed by atoms with van der Waals surface area (Å²) < 4.78 is 0. The van der Waals surface area contributed by atoms with Crippen molar-refractivity contribution in [1.82, 2.24) is 15.5 Å². The van der Waals surface area contributed by atoms with Gasteiger partial charge in [-0.1, -0.05) is 38.5 Å². The summed E-state index contributed by atoms with van der Waals surface area (Å²) in [6, 6.07) is 5.73. The van der Waals surface area contributed by atoms with Crippen LogP contribution < -0.4 is 10.6 Å². The fourth-order valence-electron chi connectivity index (χ4n) is 3.57. The van der Waals surface area contributed by atoms with Gasteiger partial charge in [0.2, 0.25) is 11.8 Å². The predicted octanol–water partition coefficient (Wildman–Crippen LogP) is 1.28. The van der Waals surface area contributed by atoms with Crippen LogP contribution in [0.1, 0.15) is 48.5 Å². The summed E-state index contributed by atoms with van der Waals surface area (Å²) in [5, 5.41) is 14.6. The Morgan fingerprint density at radius 2 is 2.00 bits per heavy atom. The molecular weight excluding hydrogens is 378 g/mol. The maximum atomic E-state index is 13.0. The van der Waals surface area contributed by atoms with E-state index in [9.17, 15) is 19.5 Å². The molecule has 1 aromatic carbocycles. The van der Waals surface area contributed by atoms with E-state index in [0.717, 1.165) is 5.56 Å². The second-order valence-electron chi connectivity index (χ2n) is 7.47. The lowest BCUT2D eigenvalue weighted by atomic mass is 9.97. The van der Waals surface area contributed by atoms with Crippen LogP contribution in [0.25, 0.3) is 0 Å². The van der Waals surface area contributed by atoms with E-state index in [1.165, 1.54) is 0 Å². The van der Waals surface area contributed by atoms with Crippen LogP contribution in [-0.2, 0) is 9.59 Å². The Kier molecular flexibility index (Phi) is 6.30. The number of benzene rings is 1. The fraction of sp³-hybridized carbons (Fsp3) is 0.550. The Hall–Kier alpha value is -2.06. The molecule has 0 bridgehead atoms. The van der Waals surface area contributed by atoms with Crippen molar-refractivity contribution in [3.63, 3.8) is 0 Å². The second kappa shape index (κ2) is 8.53. The minimum absolute atomic E-state index is 0.0776. The van der Waals surface area contributed by atoms with Crippen molar-refractivity contribution >= 4 is 29.5 Å². The highest BCUT2D eigenvalue weighted by Gasteiger charge is 2.48. The van der Waals surface area contributed by atoms with E-state index in [0.29, 0.717) is 17.7 Å². The van der Waals surface area contributed by atoms with E-state index in [4.69, 9.17) is 0 Å². The molecule has 0 aromatic heterocycles. The third-order valence-electron chi connectivity index (χ3n) is 5.45. The van der Waals surface area contributed by atoms with Crippen molar-refractivity contribution in [2.75, 3.05) is 12.4 Å². The van der Waals surface area contributed by atoms with E-state index in [-0.39, 0.29) is 35.6 Å². The Labute approximate surface area is 169 Å². The van der Waals surface area contributed by atoms with Gasteiger partial charge in [-0.15, -0.1) is 11.8 Å². The number of nitrogens with one attached hydrogen (secondary N) is 2. The minimum atomic E-state index is -0.712. The topological polar surface area (TPSA) is 98.7 Å². The number of thioether (sulfide) groups is 1. The largest absolute Gasteiger partial charge is 0.394 e. The Bertz CT molecular complexity index is 772. The molecule has 7 nitrogen and oxygen atoms in total. The molecule has 0 spiro atoms. The predicted molar refractivity (Wildman–Crippen MR) is 108 cm³/mol. The van der Waals surface area contributed by atoms with Gasteiger partial charge in [0.25, 0.3) is 5.91 Å². The number of carbonyl (C=O) groups excluding carboxylic acids is 3. The fourth-order valence-corrected chi connectivity index (χ4v) is 5.04. The van der Waals surface area contributed by atoms with Crippen LogP contribution in [0.4, 0.5) is 0 Å². The smallest absolute Gasteiger partial charge is 0.256 e. The van der Waals surface area contributed by atoms with Gasteiger partial charge < -0.3 is 20.6 Å². The van der Waals surface area contributed by atoms with Gasteiger partial charge in [0.1, 0.15) is 17.5 Å². The lowest BCUT2D eigenvalue weighted by Gasteiger charge is -2.28. The summed E-state index contributed by atoms with van der Waals surface area (Å²) >= 11 is 1.57. The molecule has 0 unspecified atom stereocenters. The number of amides is 3. The lowest BCUT2D eigenvalue weighted by Crippen LogP contribution is -2.56. The highest BCUT2D eigenvalue weighted by Crippen LogP contribution is 2.48. The van der Waals surface area contributed by atoms with Crippen molar-refractivity contribution in [3.05, 3.63) is 35.4 Å². The minimum Gasteiger partial charge on any atom is -0.394 e. The molecule has 3 rings (SSSR count). The van der Waals surface area contributed by atoms with Crippen molar-refractivity contribution < 1.29 is 19.5 Å². The van der Waals surface area contributed by atoms with Gasteiger partial charge in [0, 0.05) is 17.4 Å². The number of hydrogen-bond acceptors (Lipinski definition) is 5. The number of aliphatic hydroxyl groups is 1. The molecule has 0 saturated carbocycles. The molecule has 152 valence electrons. The molecule has 2 heterocycles. The summed E-state index contributed by atoms with van der Waals surface area (Å²) in [5.74, 6) is -0.343. The van der Waals surface area contributed by atoms with E-state index in [1.54, 1.807) is 29.7 Å². The van der Waals surface area contributed by atoms with Crippen LogP contribution in [-0.4, -0.2) is 58.2 Å². The van der Waals surface area contributed by atoms with E-state index in [2.05, 4.69) is 10.6 Å². The van der Waals surface area contributed by atoms with Crippen LogP contribution in [0.15, 0.2) is 24.3 Å². The molecule has 1 saturated heterocycles. The summed E-state index contributed by atoms with van der Waals surface area (Å²) in [5.41, 5.74) is 1.59. The molecule has 28 heavy (non-hydrogen) atoms. The molecule has 0 aliphatic carbocycles. The molecule has 3 amide bonds. The van der Waals surface area contributed by atoms with Gasteiger partial charge in [0.15, 0.2) is 0 Å². The first-order valence-electron chi connectivity index (χ1n) is 9.63. The average molecular weight is 406 g/mol. The molecule has 2 aliphatic heterocycles. The first-order chi connectivity index (χ1) is 13.4. The van der Waals surface area contributed by atoms with Gasteiger partial charge in [-0.2, -0.15) is 0 Å². The molecule has 1 aromatic rings. The zero-order valence-corrected chi connectivity index (χ0v) is 17.2. The first-order valence-corrected chi connectivity index (χ1v) is 10.7. The molecule has 0 radical (unpaired) electrons.